The van der Waals surface area contributed by atoms with E-state index in [9.17, 15) is 22.4 Å². The smallest absolute Gasteiger partial charge is 0.241 e. The third-order valence-electron chi connectivity index (χ3n) is 4.87. The zero-order valence-corrected chi connectivity index (χ0v) is 18.0. The summed E-state index contributed by atoms with van der Waals surface area (Å²) >= 11 is 1.45. The van der Waals surface area contributed by atoms with Crippen LogP contribution in [0.5, 0.6) is 0 Å². The summed E-state index contributed by atoms with van der Waals surface area (Å²) in [6, 6.07) is 8.15. The van der Waals surface area contributed by atoms with Crippen LogP contribution < -0.4 is 10.0 Å². The highest BCUT2D eigenvalue weighted by Crippen LogP contribution is 2.18. The lowest BCUT2D eigenvalue weighted by molar-refractivity contribution is -0.135. The number of nitrogens with zero attached hydrogens (tertiary/aromatic N) is 1. The van der Waals surface area contributed by atoms with Crippen molar-refractivity contribution in [2.24, 2.45) is 0 Å². The lowest BCUT2D eigenvalue weighted by Crippen LogP contribution is -2.46. The molecule has 0 bridgehead atoms. The van der Waals surface area contributed by atoms with E-state index in [1.807, 2.05) is 17.5 Å². The van der Waals surface area contributed by atoms with Crippen molar-refractivity contribution in [1.82, 2.24) is 14.9 Å². The first-order valence-electron chi connectivity index (χ1n) is 9.68. The molecule has 1 heterocycles. The Kier molecular flexibility index (Phi) is 7.57. The van der Waals surface area contributed by atoms with Crippen molar-refractivity contribution < 1.29 is 22.4 Å². The van der Waals surface area contributed by atoms with E-state index in [-0.39, 0.29) is 29.9 Å². The van der Waals surface area contributed by atoms with Crippen LogP contribution in [0.4, 0.5) is 4.39 Å². The van der Waals surface area contributed by atoms with Gasteiger partial charge in [-0.05, 0) is 48.6 Å². The number of amides is 2. The SMILES string of the molecule is O=C(CN(Cc1cccs1)C(=O)CNS(=O)(=O)c1ccc(F)cc1)NC1CCCC1. The molecule has 2 amide bonds. The molecule has 2 aromatic rings. The van der Waals surface area contributed by atoms with E-state index in [0.29, 0.717) is 0 Å². The minimum absolute atomic E-state index is 0.133. The second-order valence-electron chi connectivity index (χ2n) is 7.16. The second-order valence-corrected chi connectivity index (χ2v) is 9.96. The summed E-state index contributed by atoms with van der Waals surface area (Å²) < 4.78 is 40.0. The number of thiophene rings is 1. The lowest BCUT2D eigenvalue weighted by atomic mass is 10.2. The number of halogens is 1. The van der Waals surface area contributed by atoms with Crippen molar-refractivity contribution in [3.05, 3.63) is 52.5 Å². The van der Waals surface area contributed by atoms with Gasteiger partial charge in [0.25, 0.3) is 0 Å². The van der Waals surface area contributed by atoms with Gasteiger partial charge in [-0.3, -0.25) is 9.59 Å². The third kappa shape index (κ3) is 6.35. The van der Waals surface area contributed by atoms with Gasteiger partial charge in [0.15, 0.2) is 0 Å². The van der Waals surface area contributed by atoms with Gasteiger partial charge in [0.2, 0.25) is 21.8 Å². The lowest BCUT2D eigenvalue weighted by Gasteiger charge is -2.23. The molecule has 1 aromatic heterocycles. The Balaban J connectivity index is 1.63. The van der Waals surface area contributed by atoms with Gasteiger partial charge in [-0.2, -0.15) is 0 Å². The summed E-state index contributed by atoms with van der Waals surface area (Å²) in [5.74, 6) is -1.33. The summed E-state index contributed by atoms with van der Waals surface area (Å²) in [7, 11) is -3.98. The van der Waals surface area contributed by atoms with Gasteiger partial charge in [0.05, 0.1) is 24.5 Å². The molecule has 1 saturated carbocycles. The topological polar surface area (TPSA) is 95.6 Å². The van der Waals surface area contributed by atoms with Gasteiger partial charge in [0, 0.05) is 10.9 Å². The van der Waals surface area contributed by atoms with Crippen LogP contribution in [0.25, 0.3) is 0 Å². The molecule has 2 N–H and O–H groups in total. The van der Waals surface area contributed by atoms with E-state index >= 15 is 0 Å². The molecule has 162 valence electrons. The summed E-state index contributed by atoms with van der Waals surface area (Å²) in [5.41, 5.74) is 0. The fraction of sp³-hybridized carbons (Fsp3) is 0.400. The molecule has 1 fully saturated rings. The van der Waals surface area contributed by atoms with Gasteiger partial charge < -0.3 is 10.2 Å². The van der Waals surface area contributed by atoms with Crippen molar-refractivity contribution in [2.45, 2.75) is 43.2 Å². The Hall–Kier alpha value is -2.30. The number of benzene rings is 1. The average molecular weight is 454 g/mol. The molecule has 0 spiro atoms. The molecular formula is C20H24FN3O4S2. The van der Waals surface area contributed by atoms with Gasteiger partial charge >= 0.3 is 0 Å². The van der Waals surface area contributed by atoms with Crippen LogP contribution in [0.1, 0.15) is 30.6 Å². The highest BCUT2D eigenvalue weighted by atomic mass is 32.2. The van der Waals surface area contributed by atoms with Crippen molar-refractivity contribution in [3.63, 3.8) is 0 Å². The molecule has 3 rings (SSSR count). The maximum Gasteiger partial charge on any atom is 0.241 e. The number of nitrogens with one attached hydrogen (secondary N) is 2. The molecule has 10 heteroatoms. The highest BCUT2D eigenvalue weighted by molar-refractivity contribution is 7.89. The fourth-order valence-corrected chi connectivity index (χ4v) is 5.00. The van der Waals surface area contributed by atoms with Crippen LogP contribution in [0.2, 0.25) is 0 Å². The third-order valence-corrected chi connectivity index (χ3v) is 7.15. The van der Waals surface area contributed by atoms with Gasteiger partial charge in [-0.1, -0.05) is 18.9 Å². The number of sulfonamides is 1. The molecule has 0 saturated heterocycles. The highest BCUT2D eigenvalue weighted by Gasteiger charge is 2.23. The maximum absolute atomic E-state index is 13.0. The molecule has 0 atom stereocenters. The van der Waals surface area contributed by atoms with Crippen molar-refractivity contribution >= 4 is 33.2 Å². The normalized spacial score (nSPS) is 14.6. The van der Waals surface area contributed by atoms with Gasteiger partial charge in [0.1, 0.15) is 5.82 Å². The fourth-order valence-electron chi connectivity index (χ4n) is 3.31. The first-order valence-corrected chi connectivity index (χ1v) is 12.0. The first kappa shape index (κ1) is 22.4. The standard InChI is InChI=1S/C20H24FN3O4S2/c21-15-7-9-18(10-8-15)30(27,28)22-12-20(26)24(13-17-6-3-11-29-17)14-19(25)23-16-4-1-2-5-16/h3,6-11,16,22H,1-2,4-5,12-14H2,(H,23,25). The Morgan fingerprint density at radius 3 is 2.47 bits per heavy atom. The Morgan fingerprint density at radius 1 is 1.13 bits per heavy atom. The molecule has 0 aliphatic heterocycles. The Bertz CT molecular complexity index is 956. The van der Waals surface area contributed by atoms with Crippen LogP contribution in [-0.2, 0) is 26.2 Å². The number of hydrogen-bond acceptors (Lipinski definition) is 5. The van der Waals surface area contributed by atoms with E-state index in [2.05, 4.69) is 10.0 Å². The van der Waals surface area contributed by atoms with Crippen LogP contribution in [0.3, 0.4) is 0 Å². The molecule has 30 heavy (non-hydrogen) atoms. The molecule has 1 aromatic carbocycles. The number of carbonyl (C=O) groups excluding carboxylic acids is 2. The molecule has 0 radical (unpaired) electrons. The van der Waals surface area contributed by atoms with E-state index < -0.39 is 28.3 Å². The van der Waals surface area contributed by atoms with E-state index in [4.69, 9.17) is 0 Å². The quantitative estimate of drug-likeness (QED) is 0.609. The molecular weight excluding hydrogens is 429 g/mol. The minimum Gasteiger partial charge on any atom is -0.352 e. The first-order chi connectivity index (χ1) is 14.3. The zero-order chi connectivity index (χ0) is 21.6. The van der Waals surface area contributed by atoms with Crippen LogP contribution in [0, 0.1) is 5.82 Å². The second kappa shape index (κ2) is 10.1. The van der Waals surface area contributed by atoms with Crippen LogP contribution >= 0.6 is 11.3 Å². The number of carbonyl (C=O) groups is 2. The monoisotopic (exact) mass is 453 g/mol. The summed E-state index contributed by atoms with van der Waals surface area (Å²) in [5, 5.41) is 4.81. The average Bonchev–Trinajstić information content (AvgIpc) is 3.40. The largest absolute Gasteiger partial charge is 0.352 e. The van der Waals surface area contributed by atoms with Gasteiger partial charge in [-0.25, -0.2) is 17.5 Å². The molecule has 0 unspecified atom stereocenters. The van der Waals surface area contributed by atoms with Crippen molar-refractivity contribution in [1.29, 1.82) is 0 Å². The van der Waals surface area contributed by atoms with E-state index in [1.54, 1.807) is 0 Å². The predicted molar refractivity (Wildman–Crippen MR) is 112 cm³/mol. The zero-order valence-electron chi connectivity index (χ0n) is 16.3. The van der Waals surface area contributed by atoms with Crippen LogP contribution in [-0.4, -0.2) is 44.3 Å². The van der Waals surface area contributed by atoms with Crippen molar-refractivity contribution in [3.8, 4) is 0 Å². The van der Waals surface area contributed by atoms with E-state index in [1.165, 1.54) is 16.2 Å². The van der Waals surface area contributed by atoms with Crippen LogP contribution in [0.15, 0.2) is 46.7 Å². The number of rotatable bonds is 9. The molecule has 7 nitrogen and oxygen atoms in total. The predicted octanol–water partition coefficient (Wildman–Crippen LogP) is 2.25. The van der Waals surface area contributed by atoms with Gasteiger partial charge in [-0.15, -0.1) is 11.3 Å². The van der Waals surface area contributed by atoms with E-state index in [0.717, 1.165) is 54.8 Å². The Labute approximate surface area is 179 Å². The summed E-state index contributed by atoms with van der Waals surface area (Å²) in [4.78, 5) is 27.2. The molecule has 1 aliphatic carbocycles. The number of hydrogen-bond donors (Lipinski definition) is 2. The summed E-state index contributed by atoms with van der Waals surface area (Å²) in [6.07, 6.45) is 4.02. The van der Waals surface area contributed by atoms with Crippen molar-refractivity contribution in [2.75, 3.05) is 13.1 Å². The summed E-state index contributed by atoms with van der Waals surface area (Å²) in [6.45, 7) is -0.430. The Morgan fingerprint density at radius 2 is 1.83 bits per heavy atom. The maximum atomic E-state index is 13.0. The minimum atomic E-state index is -3.98. The molecule has 1 aliphatic rings.